The molecule has 0 aliphatic carbocycles. The summed E-state index contributed by atoms with van der Waals surface area (Å²) >= 11 is 0. The first-order valence-corrected chi connectivity index (χ1v) is 5.70. The lowest BCUT2D eigenvalue weighted by molar-refractivity contribution is -0.120. The lowest BCUT2D eigenvalue weighted by Crippen LogP contribution is -2.40. The Bertz CT molecular complexity index is 462. The molecule has 0 saturated carbocycles. The summed E-state index contributed by atoms with van der Waals surface area (Å²) in [6.07, 6.45) is 0. The zero-order chi connectivity index (χ0) is 14.3. The Morgan fingerprint density at radius 1 is 1.32 bits per heavy atom. The number of hydrogen-bond donors (Lipinski definition) is 3. The summed E-state index contributed by atoms with van der Waals surface area (Å²) in [5, 5.41) is 2.43. The first-order chi connectivity index (χ1) is 9.12. The zero-order valence-corrected chi connectivity index (χ0v) is 10.9. The van der Waals surface area contributed by atoms with E-state index in [1.807, 2.05) is 12.3 Å². The highest BCUT2D eigenvalue weighted by Gasteiger charge is 2.11. The minimum Gasteiger partial charge on any atom is -0.493 e. The monoisotopic (exact) mass is 267 g/mol. The number of hydrogen-bond acceptors (Lipinski definition) is 5. The Morgan fingerprint density at radius 2 is 2.05 bits per heavy atom. The third-order valence-corrected chi connectivity index (χ3v) is 2.30. The van der Waals surface area contributed by atoms with E-state index in [2.05, 4.69) is 5.32 Å². The van der Waals surface area contributed by atoms with Crippen molar-refractivity contribution in [3.63, 3.8) is 0 Å². The van der Waals surface area contributed by atoms with Crippen LogP contribution in [0.4, 0.5) is 0 Å². The van der Waals surface area contributed by atoms with Crippen LogP contribution >= 0.6 is 0 Å². The van der Waals surface area contributed by atoms with Crippen LogP contribution in [0.1, 0.15) is 17.3 Å². The molecule has 0 aliphatic rings. The van der Waals surface area contributed by atoms with Crippen molar-refractivity contribution in [2.75, 3.05) is 20.3 Å². The molecule has 2 amide bonds. The molecule has 1 aromatic rings. The molecule has 1 rings (SSSR count). The van der Waals surface area contributed by atoms with Crippen LogP contribution in [0.15, 0.2) is 18.2 Å². The van der Waals surface area contributed by atoms with E-state index in [0.717, 1.165) is 0 Å². The zero-order valence-electron chi connectivity index (χ0n) is 10.9. The van der Waals surface area contributed by atoms with Gasteiger partial charge in [-0.3, -0.25) is 15.0 Å². The van der Waals surface area contributed by atoms with Gasteiger partial charge in [0.05, 0.1) is 20.3 Å². The van der Waals surface area contributed by atoms with Crippen molar-refractivity contribution >= 4 is 11.8 Å². The first kappa shape index (κ1) is 14.8. The van der Waals surface area contributed by atoms with E-state index < -0.39 is 11.8 Å². The van der Waals surface area contributed by atoms with E-state index in [9.17, 15) is 9.59 Å². The number of hydrazine groups is 1. The van der Waals surface area contributed by atoms with Gasteiger partial charge in [0.1, 0.15) is 0 Å². The van der Waals surface area contributed by atoms with Gasteiger partial charge in [-0.1, -0.05) is 0 Å². The minimum atomic E-state index is -0.480. The fourth-order valence-electron chi connectivity index (χ4n) is 1.40. The fraction of sp³-hybridized carbons (Fsp3) is 0.333. The molecule has 4 N–H and O–H groups in total. The second-order valence-corrected chi connectivity index (χ2v) is 3.55. The lowest BCUT2D eigenvalue weighted by Gasteiger charge is -2.11. The van der Waals surface area contributed by atoms with Crippen molar-refractivity contribution in [1.82, 2.24) is 10.7 Å². The molecule has 104 valence electrons. The molecule has 0 saturated heterocycles. The highest BCUT2D eigenvalue weighted by Crippen LogP contribution is 2.27. The van der Waals surface area contributed by atoms with Crippen LogP contribution in [0.2, 0.25) is 0 Å². The van der Waals surface area contributed by atoms with Crippen LogP contribution in [0.25, 0.3) is 0 Å². The quantitative estimate of drug-likeness (QED) is 0.377. The van der Waals surface area contributed by atoms with Gasteiger partial charge in [-0.05, 0) is 25.1 Å². The maximum Gasteiger partial charge on any atom is 0.253 e. The maximum absolute atomic E-state index is 11.8. The Hall–Kier alpha value is -2.28. The molecule has 0 radical (unpaired) electrons. The van der Waals surface area contributed by atoms with Gasteiger partial charge in [0.25, 0.3) is 11.8 Å². The number of carbonyl (C=O) groups excluding carboxylic acids is 2. The van der Waals surface area contributed by atoms with Crippen LogP contribution in [-0.4, -0.2) is 32.1 Å². The molecule has 1 aromatic carbocycles. The molecular formula is C12H17N3O4. The van der Waals surface area contributed by atoms with Crippen LogP contribution in [0.5, 0.6) is 11.5 Å². The second-order valence-electron chi connectivity index (χ2n) is 3.55. The van der Waals surface area contributed by atoms with Gasteiger partial charge in [-0.2, -0.15) is 0 Å². The predicted molar refractivity (Wildman–Crippen MR) is 68.8 cm³/mol. The number of rotatable bonds is 6. The minimum absolute atomic E-state index is 0.190. The number of amides is 2. The largest absolute Gasteiger partial charge is 0.493 e. The van der Waals surface area contributed by atoms with Gasteiger partial charge in [-0.25, -0.2) is 5.84 Å². The molecule has 0 unspecified atom stereocenters. The molecule has 0 fully saturated rings. The van der Waals surface area contributed by atoms with Crippen LogP contribution in [-0.2, 0) is 4.79 Å². The number of nitrogens with two attached hydrogens (primary N) is 1. The molecule has 0 heterocycles. The number of nitrogens with one attached hydrogen (secondary N) is 2. The van der Waals surface area contributed by atoms with Crippen LogP contribution < -0.4 is 26.1 Å². The Kier molecular flexibility index (Phi) is 5.62. The van der Waals surface area contributed by atoms with Crippen molar-refractivity contribution in [3.8, 4) is 11.5 Å². The van der Waals surface area contributed by atoms with Gasteiger partial charge in [-0.15, -0.1) is 0 Å². The molecule has 19 heavy (non-hydrogen) atoms. The van der Waals surface area contributed by atoms with E-state index in [4.69, 9.17) is 15.3 Å². The van der Waals surface area contributed by atoms with Gasteiger partial charge >= 0.3 is 0 Å². The third kappa shape index (κ3) is 4.14. The van der Waals surface area contributed by atoms with Crippen LogP contribution in [0.3, 0.4) is 0 Å². The third-order valence-electron chi connectivity index (χ3n) is 2.30. The summed E-state index contributed by atoms with van der Waals surface area (Å²) in [5.41, 5.74) is 2.29. The maximum atomic E-state index is 11.8. The smallest absolute Gasteiger partial charge is 0.253 e. The van der Waals surface area contributed by atoms with Gasteiger partial charge in [0, 0.05) is 5.56 Å². The highest BCUT2D eigenvalue weighted by atomic mass is 16.5. The van der Waals surface area contributed by atoms with Crippen molar-refractivity contribution in [1.29, 1.82) is 0 Å². The number of ether oxygens (including phenoxy) is 2. The molecule has 7 nitrogen and oxygen atoms in total. The van der Waals surface area contributed by atoms with Crippen molar-refractivity contribution < 1.29 is 19.1 Å². The summed E-state index contributed by atoms with van der Waals surface area (Å²) in [6.45, 7) is 2.16. The normalized spacial score (nSPS) is 9.63. The second kappa shape index (κ2) is 7.22. The number of carbonyl (C=O) groups is 2. The van der Waals surface area contributed by atoms with Crippen molar-refractivity contribution in [3.05, 3.63) is 23.8 Å². The molecule has 0 bridgehead atoms. The van der Waals surface area contributed by atoms with Crippen molar-refractivity contribution in [2.24, 2.45) is 5.84 Å². The Labute approximate surface area is 111 Å². The number of methoxy groups -OCH3 is 1. The summed E-state index contributed by atoms with van der Waals surface area (Å²) in [6, 6.07) is 4.77. The van der Waals surface area contributed by atoms with E-state index in [1.54, 1.807) is 18.2 Å². The van der Waals surface area contributed by atoms with Gasteiger partial charge < -0.3 is 14.8 Å². The summed E-state index contributed by atoms with van der Waals surface area (Å²) in [4.78, 5) is 22.7. The van der Waals surface area contributed by atoms with Crippen LogP contribution in [0, 0.1) is 0 Å². The highest BCUT2D eigenvalue weighted by molar-refractivity contribution is 5.96. The fourth-order valence-corrected chi connectivity index (χ4v) is 1.40. The van der Waals surface area contributed by atoms with Gasteiger partial charge in [0.15, 0.2) is 11.5 Å². The Balaban J connectivity index is 2.78. The molecule has 0 aromatic heterocycles. The lowest BCUT2D eigenvalue weighted by atomic mass is 10.2. The van der Waals surface area contributed by atoms with E-state index in [-0.39, 0.29) is 6.54 Å². The Morgan fingerprint density at radius 3 is 2.63 bits per heavy atom. The van der Waals surface area contributed by atoms with E-state index in [0.29, 0.717) is 23.7 Å². The summed E-state index contributed by atoms with van der Waals surface area (Å²) in [7, 11) is 1.49. The molecule has 0 spiro atoms. The molecule has 7 heteroatoms. The first-order valence-electron chi connectivity index (χ1n) is 5.70. The number of benzene rings is 1. The topological polar surface area (TPSA) is 103 Å². The summed E-state index contributed by atoms with van der Waals surface area (Å²) < 4.78 is 10.5. The molecule has 0 atom stereocenters. The van der Waals surface area contributed by atoms with Gasteiger partial charge in [0.2, 0.25) is 0 Å². The predicted octanol–water partition coefficient (Wildman–Crippen LogP) is -0.186. The summed E-state index contributed by atoms with van der Waals surface area (Å²) in [5.74, 6) is 5.04. The van der Waals surface area contributed by atoms with E-state index in [1.165, 1.54) is 7.11 Å². The molecule has 0 aliphatic heterocycles. The standard InChI is InChI=1S/C12H17N3O4/c1-3-19-9-5-4-8(6-10(9)18-2)12(17)14-7-11(16)15-13/h4-6H,3,7,13H2,1-2H3,(H,14,17)(H,15,16). The average Bonchev–Trinajstić information content (AvgIpc) is 2.44. The molecular weight excluding hydrogens is 250 g/mol. The van der Waals surface area contributed by atoms with E-state index >= 15 is 0 Å². The average molecular weight is 267 g/mol. The SMILES string of the molecule is CCOc1ccc(C(=O)NCC(=O)NN)cc1OC. The van der Waals surface area contributed by atoms with Crippen molar-refractivity contribution in [2.45, 2.75) is 6.92 Å².